The summed E-state index contributed by atoms with van der Waals surface area (Å²) in [5.41, 5.74) is -3.18. The molecule has 0 heterocycles. The summed E-state index contributed by atoms with van der Waals surface area (Å²) >= 11 is 0. The largest absolute Gasteiger partial charge is 0.497 e. The van der Waals surface area contributed by atoms with Crippen LogP contribution < -0.4 is 19.5 Å². The zero-order valence-corrected chi connectivity index (χ0v) is 19.4. The fourth-order valence-electron chi connectivity index (χ4n) is 3.13. The fraction of sp³-hybridized carbons (Fsp3) is 0.136. The lowest BCUT2D eigenvalue weighted by molar-refractivity contribution is -0.388. The molecule has 0 unspecified atom stereocenters. The third kappa shape index (κ3) is 5.66. The molecule has 0 atom stereocenters. The molecule has 3 aromatic carbocycles. The fourth-order valence-corrected chi connectivity index (χ4v) is 4.24. The first-order valence-corrected chi connectivity index (χ1v) is 11.4. The molecule has 0 fully saturated rings. The molecule has 2 N–H and O–H groups in total. The van der Waals surface area contributed by atoms with Crippen LogP contribution in [0.4, 0.5) is 30.2 Å². The van der Waals surface area contributed by atoms with E-state index >= 15 is 0 Å². The van der Waals surface area contributed by atoms with E-state index < -0.39 is 43.2 Å². The third-order valence-electron chi connectivity index (χ3n) is 4.85. The van der Waals surface area contributed by atoms with Crippen molar-refractivity contribution in [1.82, 2.24) is 0 Å². The Hall–Kier alpha value is -4.33. The Balaban J connectivity index is 1.95. The Bertz CT molecular complexity index is 1430. The first-order valence-electron chi connectivity index (χ1n) is 9.88. The van der Waals surface area contributed by atoms with E-state index in [2.05, 4.69) is 10.0 Å². The van der Waals surface area contributed by atoms with Gasteiger partial charge in [-0.25, -0.2) is 8.42 Å². The van der Waals surface area contributed by atoms with Crippen LogP contribution in [-0.2, 0) is 16.2 Å². The molecule has 3 aromatic rings. The monoisotopic (exact) mass is 525 g/mol. The highest BCUT2D eigenvalue weighted by atomic mass is 32.2. The molecule has 0 spiro atoms. The summed E-state index contributed by atoms with van der Waals surface area (Å²) in [5, 5.41) is 13.5. The minimum absolute atomic E-state index is 0.156. The number of anilines is 2. The molecule has 3 rings (SSSR count). The molecule has 190 valence electrons. The number of carbonyl (C=O) groups excluding carboxylic acids is 1. The van der Waals surface area contributed by atoms with Gasteiger partial charge in [-0.3, -0.25) is 19.6 Å². The molecule has 36 heavy (non-hydrogen) atoms. The molecule has 0 saturated carbocycles. The number of carbonyl (C=O) groups is 1. The summed E-state index contributed by atoms with van der Waals surface area (Å²) in [5.74, 6) is -0.0397. The number of benzene rings is 3. The number of alkyl halides is 3. The van der Waals surface area contributed by atoms with Gasteiger partial charge >= 0.3 is 6.18 Å². The molecule has 1 amide bonds. The van der Waals surface area contributed by atoms with Gasteiger partial charge in [0, 0.05) is 12.1 Å². The van der Waals surface area contributed by atoms with Gasteiger partial charge in [-0.05, 0) is 36.4 Å². The van der Waals surface area contributed by atoms with E-state index in [0.29, 0.717) is 17.9 Å². The van der Waals surface area contributed by atoms with Crippen LogP contribution >= 0.6 is 0 Å². The average molecular weight is 525 g/mol. The van der Waals surface area contributed by atoms with Crippen molar-refractivity contribution in [2.75, 3.05) is 24.3 Å². The van der Waals surface area contributed by atoms with Crippen LogP contribution in [0, 0.1) is 10.1 Å². The second-order valence-electron chi connectivity index (χ2n) is 7.11. The first-order chi connectivity index (χ1) is 16.9. The quantitative estimate of drug-likeness (QED) is 0.322. The van der Waals surface area contributed by atoms with Crippen LogP contribution in [0.25, 0.3) is 0 Å². The number of ether oxygens (including phenoxy) is 2. The zero-order chi connectivity index (χ0) is 26.7. The Kier molecular flexibility index (Phi) is 7.38. The van der Waals surface area contributed by atoms with Gasteiger partial charge in [0.25, 0.3) is 21.6 Å². The van der Waals surface area contributed by atoms with Crippen molar-refractivity contribution >= 4 is 33.0 Å². The number of halogens is 3. The minimum Gasteiger partial charge on any atom is -0.497 e. The highest BCUT2D eigenvalue weighted by Crippen LogP contribution is 2.38. The van der Waals surface area contributed by atoms with Crippen molar-refractivity contribution in [3.63, 3.8) is 0 Å². The van der Waals surface area contributed by atoms with E-state index in [1.54, 1.807) is 6.07 Å². The molecule has 0 bridgehead atoms. The average Bonchev–Trinajstić information content (AvgIpc) is 2.83. The SMILES string of the molecule is COc1ccc(NC(=O)c2ccccc2NS(=O)(=O)c2ccc([N+](=O)[O-])c(C(F)(F)F)c2)c(OC)c1. The van der Waals surface area contributed by atoms with E-state index in [0.717, 1.165) is 0 Å². The predicted molar refractivity (Wildman–Crippen MR) is 123 cm³/mol. The summed E-state index contributed by atoms with van der Waals surface area (Å²) in [6, 6.07) is 11.2. The van der Waals surface area contributed by atoms with Crippen molar-refractivity contribution in [3.8, 4) is 11.5 Å². The normalized spacial score (nSPS) is 11.5. The minimum atomic E-state index is -5.18. The van der Waals surface area contributed by atoms with Crippen LogP contribution in [0.15, 0.2) is 65.6 Å². The highest BCUT2D eigenvalue weighted by Gasteiger charge is 2.39. The topological polar surface area (TPSA) is 137 Å². The van der Waals surface area contributed by atoms with Crippen LogP contribution in [0.3, 0.4) is 0 Å². The molecule has 14 heteroatoms. The number of nitro benzene ring substituents is 1. The number of hydrogen-bond acceptors (Lipinski definition) is 7. The van der Waals surface area contributed by atoms with Gasteiger partial charge in [0.05, 0.1) is 41.0 Å². The number of methoxy groups -OCH3 is 2. The number of para-hydroxylation sites is 1. The van der Waals surface area contributed by atoms with Gasteiger partial charge in [-0.15, -0.1) is 0 Å². The Morgan fingerprint density at radius 1 is 0.972 bits per heavy atom. The maximum Gasteiger partial charge on any atom is 0.423 e. The Morgan fingerprint density at radius 3 is 2.28 bits per heavy atom. The summed E-state index contributed by atoms with van der Waals surface area (Å²) < 4.78 is 78.0. The first kappa shape index (κ1) is 26.3. The smallest absolute Gasteiger partial charge is 0.423 e. The Morgan fingerprint density at radius 2 is 1.67 bits per heavy atom. The molecule has 10 nitrogen and oxygen atoms in total. The van der Waals surface area contributed by atoms with Gasteiger partial charge in [-0.1, -0.05) is 12.1 Å². The standard InChI is InChI=1S/C22H18F3N3O7S/c1-34-13-7-9-18(20(11-13)35-2)26-21(29)15-5-3-4-6-17(15)27-36(32,33)14-8-10-19(28(30)31)16(12-14)22(23,24)25/h3-12,27H,1-2H3,(H,26,29). The number of nitrogens with zero attached hydrogens (tertiary/aromatic N) is 1. The number of nitro groups is 1. The number of amides is 1. The van der Waals surface area contributed by atoms with Gasteiger partial charge in [0.2, 0.25) is 0 Å². The summed E-state index contributed by atoms with van der Waals surface area (Å²) in [6.07, 6.45) is -5.18. The van der Waals surface area contributed by atoms with Crippen molar-refractivity contribution in [2.24, 2.45) is 0 Å². The third-order valence-corrected chi connectivity index (χ3v) is 6.22. The van der Waals surface area contributed by atoms with Crippen molar-refractivity contribution in [3.05, 3.63) is 81.9 Å². The summed E-state index contributed by atoms with van der Waals surface area (Å²) in [6.45, 7) is 0. The second-order valence-corrected chi connectivity index (χ2v) is 8.79. The van der Waals surface area contributed by atoms with E-state index in [9.17, 15) is 36.5 Å². The number of nitrogens with one attached hydrogen (secondary N) is 2. The van der Waals surface area contributed by atoms with Crippen molar-refractivity contribution in [1.29, 1.82) is 0 Å². The molecular weight excluding hydrogens is 507 g/mol. The lowest BCUT2D eigenvalue weighted by Gasteiger charge is -2.15. The van der Waals surface area contributed by atoms with Gasteiger partial charge in [-0.2, -0.15) is 13.2 Å². The highest BCUT2D eigenvalue weighted by molar-refractivity contribution is 7.92. The summed E-state index contributed by atoms with van der Waals surface area (Å²) in [7, 11) is -1.87. The molecule has 0 aliphatic rings. The lowest BCUT2D eigenvalue weighted by Crippen LogP contribution is -2.19. The van der Waals surface area contributed by atoms with E-state index in [4.69, 9.17) is 9.47 Å². The number of hydrogen-bond donors (Lipinski definition) is 2. The van der Waals surface area contributed by atoms with Crippen LogP contribution in [0.5, 0.6) is 11.5 Å². The molecule has 0 aromatic heterocycles. The van der Waals surface area contributed by atoms with E-state index in [1.807, 2.05) is 0 Å². The van der Waals surface area contributed by atoms with Crippen LogP contribution in [0.1, 0.15) is 15.9 Å². The van der Waals surface area contributed by atoms with Gasteiger partial charge < -0.3 is 14.8 Å². The zero-order valence-electron chi connectivity index (χ0n) is 18.6. The maximum absolute atomic E-state index is 13.3. The van der Waals surface area contributed by atoms with Crippen LogP contribution in [-0.4, -0.2) is 33.5 Å². The number of rotatable bonds is 8. The van der Waals surface area contributed by atoms with Crippen molar-refractivity contribution < 1.29 is 40.8 Å². The van der Waals surface area contributed by atoms with Crippen molar-refractivity contribution in [2.45, 2.75) is 11.1 Å². The molecule has 0 aliphatic carbocycles. The molecular formula is C22H18F3N3O7S. The lowest BCUT2D eigenvalue weighted by atomic mass is 10.1. The maximum atomic E-state index is 13.3. The second kappa shape index (κ2) is 10.1. The predicted octanol–water partition coefficient (Wildman–Crippen LogP) is 4.68. The summed E-state index contributed by atoms with van der Waals surface area (Å²) in [4.78, 5) is 21.7. The van der Waals surface area contributed by atoms with E-state index in [-0.39, 0.29) is 28.8 Å². The van der Waals surface area contributed by atoms with E-state index in [1.165, 1.54) is 50.6 Å². The Labute approximate surface area is 202 Å². The van der Waals surface area contributed by atoms with Gasteiger partial charge in [0.1, 0.15) is 17.1 Å². The van der Waals surface area contributed by atoms with Crippen LogP contribution in [0.2, 0.25) is 0 Å². The number of sulfonamides is 1. The van der Waals surface area contributed by atoms with Gasteiger partial charge in [0.15, 0.2) is 0 Å². The molecule has 0 aliphatic heterocycles. The molecule has 0 saturated heterocycles. The molecule has 0 radical (unpaired) electrons.